The lowest BCUT2D eigenvalue weighted by atomic mass is 9.89. The molecule has 108 valence electrons. The summed E-state index contributed by atoms with van der Waals surface area (Å²) in [5.74, 6) is 0.272. The summed E-state index contributed by atoms with van der Waals surface area (Å²) in [6, 6.07) is 17.8. The minimum atomic E-state index is -0.0120. The standard InChI is InChI=1S/C20H16O2/c1-12-13-5-2-3-6-14(13)17-10-9-15-16(7-4-8-19(15)22)20(17)18(12)11-21/h2-10,21-22H,11H2,1H3. The molecule has 0 unspecified atom stereocenters. The highest BCUT2D eigenvalue weighted by molar-refractivity contribution is 6.20. The molecule has 0 aliphatic carbocycles. The van der Waals surface area contributed by atoms with Crippen LogP contribution < -0.4 is 0 Å². The van der Waals surface area contributed by atoms with Crippen molar-refractivity contribution in [3.63, 3.8) is 0 Å². The summed E-state index contributed by atoms with van der Waals surface area (Å²) in [4.78, 5) is 0. The van der Waals surface area contributed by atoms with Gasteiger partial charge in [0.25, 0.3) is 0 Å². The number of phenols is 1. The van der Waals surface area contributed by atoms with E-state index in [1.807, 2.05) is 36.4 Å². The zero-order valence-electron chi connectivity index (χ0n) is 12.3. The van der Waals surface area contributed by atoms with Crippen LogP contribution in [0.1, 0.15) is 11.1 Å². The number of aromatic hydroxyl groups is 1. The van der Waals surface area contributed by atoms with Crippen LogP contribution in [-0.4, -0.2) is 10.2 Å². The highest BCUT2D eigenvalue weighted by Crippen LogP contribution is 2.38. The first kappa shape index (κ1) is 13.1. The summed E-state index contributed by atoms with van der Waals surface area (Å²) in [5, 5.41) is 26.3. The van der Waals surface area contributed by atoms with E-state index >= 15 is 0 Å². The van der Waals surface area contributed by atoms with Gasteiger partial charge in [-0.3, -0.25) is 0 Å². The van der Waals surface area contributed by atoms with Gasteiger partial charge in [-0.05, 0) is 51.0 Å². The third kappa shape index (κ3) is 1.65. The molecule has 0 spiro atoms. The maximum Gasteiger partial charge on any atom is 0.123 e. The fourth-order valence-electron chi connectivity index (χ4n) is 3.48. The third-order valence-corrected chi connectivity index (χ3v) is 4.57. The van der Waals surface area contributed by atoms with Gasteiger partial charge in [0, 0.05) is 5.39 Å². The normalized spacial score (nSPS) is 11.5. The molecule has 4 rings (SSSR count). The average molecular weight is 288 g/mol. The molecule has 0 aromatic heterocycles. The first-order valence-electron chi connectivity index (χ1n) is 7.38. The van der Waals surface area contributed by atoms with Crippen molar-refractivity contribution in [2.24, 2.45) is 0 Å². The summed E-state index contributed by atoms with van der Waals surface area (Å²) < 4.78 is 0. The van der Waals surface area contributed by atoms with E-state index in [4.69, 9.17) is 0 Å². The van der Waals surface area contributed by atoms with Crippen LogP contribution in [0.2, 0.25) is 0 Å². The Balaban J connectivity index is 2.38. The number of aliphatic hydroxyl groups is 1. The lowest BCUT2D eigenvalue weighted by Crippen LogP contribution is -1.94. The van der Waals surface area contributed by atoms with Crippen LogP contribution in [0.3, 0.4) is 0 Å². The first-order valence-corrected chi connectivity index (χ1v) is 7.38. The fraction of sp³-hybridized carbons (Fsp3) is 0.100. The molecule has 0 heterocycles. The Morgan fingerprint density at radius 3 is 2.14 bits per heavy atom. The second-order valence-corrected chi connectivity index (χ2v) is 5.67. The Morgan fingerprint density at radius 1 is 0.727 bits per heavy atom. The Bertz CT molecular complexity index is 1030. The van der Waals surface area contributed by atoms with Crippen molar-refractivity contribution in [2.75, 3.05) is 0 Å². The largest absolute Gasteiger partial charge is 0.507 e. The second kappa shape index (κ2) is 4.72. The molecule has 0 fully saturated rings. The monoisotopic (exact) mass is 288 g/mol. The number of hydrogen-bond donors (Lipinski definition) is 2. The van der Waals surface area contributed by atoms with Gasteiger partial charge < -0.3 is 10.2 Å². The van der Waals surface area contributed by atoms with Gasteiger partial charge in [0.15, 0.2) is 0 Å². The number of phenolic OH excluding ortho intramolecular Hbond substituents is 1. The Kier molecular flexibility index (Phi) is 2.81. The second-order valence-electron chi connectivity index (χ2n) is 5.67. The molecule has 2 N–H and O–H groups in total. The molecule has 0 bridgehead atoms. The maximum atomic E-state index is 10.1. The van der Waals surface area contributed by atoms with E-state index in [-0.39, 0.29) is 12.4 Å². The molecule has 0 amide bonds. The summed E-state index contributed by atoms with van der Waals surface area (Å²) in [6.45, 7) is 2.04. The number of benzene rings is 4. The topological polar surface area (TPSA) is 40.5 Å². The molecule has 4 aromatic carbocycles. The molecule has 22 heavy (non-hydrogen) atoms. The Labute approximate surface area is 128 Å². The van der Waals surface area contributed by atoms with Crippen molar-refractivity contribution in [2.45, 2.75) is 13.5 Å². The average Bonchev–Trinajstić information content (AvgIpc) is 2.55. The number of aliphatic hydroxyl groups excluding tert-OH is 1. The molecule has 0 saturated heterocycles. The predicted octanol–water partition coefficient (Wildman–Crippen LogP) is 4.65. The SMILES string of the molecule is Cc1c(CO)c2c3cccc(O)c3ccc2c2ccccc12. The van der Waals surface area contributed by atoms with Crippen LogP contribution in [-0.2, 0) is 6.61 Å². The molecule has 0 aliphatic rings. The smallest absolute Gasteiger partial charge is 0.123 e. The lowest BCUT2D eigenvalue weighted by Gasteiger charge is -2.15. The van der Waals surface area contributed by atoms with E-state index in [0.717, 1.165) is 32.7 Å². The minimum absolute atomic E-state index is 0.0120. The van der Waals surface area contributed by atoms with Crippen molar-refractivity contribution in [3.8, 4) is 5.75 Å². The van der Waals surface area contributed by atoms with Crippen molar-refractivity contribution in [1.29, 1.82) is 0 Å². The molecule has 2 nitrogen and oxygen atoms in total. The van der Waals surface area contributed by atoms with Gasteiger partial charge in [0.2, 0.25) is 0 Å². The number of fused-ring (bicyclic) bond motifs is 5. The van der Waals surface area contributed by atoms with Crippen molar-refractivity contribution < 1.29 is 10.2 Å². The Morgan fingerprint density at radius 2 is 1.36 bits per heavy atom. The summed E-state index contributed by atoms with van der Waals surface area (Å²) in [6.07, 6.45) is 0. The van der Waals surface area contributed by atoms with Gasteiger partial charge in [-0.2, -0.15) is 0 Å². The van der Waals surface area contributed by atoms with E-state index in [2.05, 4.69) is 19.1 Å². The zero-order chi connectivity index (χ0) is 15.3. The molecule has 4 aromatic rings. The zero-order valence-corrected chi connectivity index (χ0v) is 12.3. The summed E-state index contributed by atoms with van der Waals surface area (Å²) in [5.41, 5.74) is 2.03. The van der Waals surface area contributed by atoms with E-state index in [0.29, 0.717) is 0 Å². The van der Waals surface area contributed by atoms with Crippen LogP contribution in [0.15, 0.2) is 54.6 Å². The van der Waals surface area contributed by atoms with Crippen LogP contribution in [0.5, 0.6) is 5.75 Å². The van der Waals surface area contributed by atoms with Gasteiger partial charge >= 0.3 is 0 Å². The van der Waals surface area contributed by atoms with E-state index in [9.17, 15) is 10.2 Å². The van der Waals surface area contributed by atoms with Gasteiger partial charge in [-0.25, -0.2) is 0 Å². The number of hydrogen-bond acceptors (Lipinski definition) is 2. The van der Waals surface area contributed by atoms with Crippen molar-refractivity contribution >= 4 is 32.3 Å². The summed E-state index contributed by atoms with van der Waals surface area (Å²) in [7, 11) is 0. The van der Waals surface area contributed by atoms with Gasteiger partial charge in [-0.1, -0.05) is 48.5 Å². The molecule has 0 saturated carbocycles. The first-order chi connectivity index (χ1) is 10.7. The fourth-order valence-corrected chi connectivity index (χ4v) is 3.48. The van der Waals surface area contributed by atoms with E-state index in [1.165, 1.54) is 10.8 Å². The van der Waals surface area contributed by atoms with Crippen molar-refractivity contribution in [1.82, 2.24) is 0 Å². The highest BCUT2D eigenvalue weighted by Gasteiger charge is 2.14. The minimum Gasteiger partial charge on any atom is -0.507 e. The van der Waals surface area contributed by atoms with Gasteiger partial charge in [0.05, 0.1) is 6.61 Å². The molecular formula is C20H16O2. The van der Waals surface area contributed by atoms with Crippen LogP contribution in [0, 0.1) is 6.92 Å². The molecular weight excluding hydrogens is 272 g/mol. The van der Waals surface area contributed by atoms with Gasteiger partial charge in [0.1, 0.15) is 5.75 Å². The van der Waals surface area contributed by atoms with Crippen LogP contribution in [0.4, 0.5) is 0 Å². The molecule has 0 radical (unpaired) electrons. The third-order valence-electron chi connectivity index (χ3n) is 4.57. The van der Waals surface area contributed by atoms with E-state index in [1.54, 1.807) is 6.07 Å². The van der Waals surface area contributed by atoms with E-state index < -0.39 is 0 Å². The molecule has 2 heteroatoms. The highest BCUT2D eigenvalue weighted by atomic mass is 16.3. The summed E-state index contributed by atoms with van der Waals surface area (Å²) >= 11 is 0. The van der Waals surface area contributed by atoms with Crippen LogP contribution in [0.25, 0.3) is 32.3 Å². The number of rotatable bonds is 1. The quantitative estimate of drug-likeness (QED) is 0.500. The van der Waals surface area contributed by atoms with Gasteiger partial charge in [-0.15, -0.1) is 0 Å². The molecule has 0 atom stereocenters. The van der Waals surface area contributed by atoms with Crippen molar-refractivity contribution in [3.05, 3.63) is 65.7 Å². The number of aryl methyl sites for hydroxylation is 1. The Hall–Kier alpha value is -2.58. The lowest BCUT2D eigenvalue weighted by molar-refractivity contribution is 0.283. The van der Waals surface area contributed by atoms with Crippen LogP contribution >= 0.6 is 0 Å². The molecule has 0 aliphatic heterocycles. The maximum absolute atomic E-state index is 10.1. The predicted molar refractivity (Wildman–Crippen MR) is 91.3 cm³/mol.